The SMILES string of the molecule is COc1ccc2cc([C@H](C)C(=O)N(C)CCOc3ccccc3Cl)ccc2c1. The minimum absolute atomic E-state index is 0.0515. The van der Waals surface area contributed by atoms with Gasteiger partial charge in [0.1, 0.15) is 18.1 Å². The van der Waals surface area contributed by atoms with Crippen LogP contribution in [0.4, 0.5) is 0 Å². The molecule has 3 aromatic rings. The number of likely N-dealkylation sites (N-methyl/N-ethyl adjacent to an activating group) is 1. The lowest BCUT2D eigenvalue weighted by Gasteiger charge is -2.22. The number of para-hydroxylation sites is 1. The van der Waals surface area contributed by atoms with E-state index in [9.17, 15) is 4.79 Å². The van der Waals surface area contributed by atoms with Crippen LogP contribution in [0, 0.1) is 0 Å². The molecule has 0 aliphatic heterocycles. The Morgan fingerprint density at radius 1 is 1.07 bits per heavy atom. The second-order valence-corrected chi connectivity index (χ2v) is 7.14. The number of methoxy groups -OCH3 is 1. The molecule has 0 saturated heterocycles. The van der Waals surface area contributed by atoms with E-state index in [0.29, 0.717) is 23.9 Å². The van der Waals surface area contributed by atoms with Crippen LogP contribution in [0.25, 0.3) is 10.8 Å². The molecule has 0 radical (unpaired) electrons. The average molecular weight is 398 g/mol. The molecule has 146 valence electrons. The summed E-state index contributed by atoms with van der Waals surface area (Å²) in [7, 11) is 3.45. The molecule has 0 aromatic heterocycles. The topological polar surface area (TPSA) is 38.8 Å². The highest BCUT2D eigenvalue weighted by atomic mass is 35.5. The number of hydrogen-bond acceptors (Lipinski definition) is 3. The minimum atomic E-state index is -0.239. The summed E-state index contributed by atoms with van der Waals surface area (Å²) in [6.45, 7) is 2.80. The van der Waals surface area contributed by atoms with Gasteiger partial charge in [-0.3, -0.25) is 4.79 Å². The van der Waals surface area contributed by atoms with Crippen LogP contribution in [0.3, 0.4) is 0 Å². The third kappa shape index (κ3) is 4.57. The highest BCUT2D eigenvalue weighted by Crippen LogP contribution is 2.26. The first-order chi connectivity index (χ1) is 13.5. The zero-order valence-electron chi connectivity index (χ0n) is 16.3. The lowest BCUT2D eigenvalue weighted by atomic mass is 9.96. The Labute approximate surface area is 170 Å². The third-order valence-electron chi connectivity index (χ3n) is 4.84. The van der Waals surface area contributed by atoms with Crippen molar-refractivity contribution in [3.05, 3.63) is 71.2 Å². The molecule has 1 atom stereocenters. The van der Waals surface area contributed by atoms with Crippen LogP contribution in [0.15, 0.2) is 60.7 Å². The summed E-state index contributed by atoms with van der Waals surface area (Å²) in [6, 6.07) is 19.3. The van der Waals surface area contributed by atoms with E-state index in [-0.39, 0.29) is 11.8 Å². The van der Waals surface area contributed by atoms with Crippen molar-refractivity contribution in [1.29, 1.82) is 0 Å². The standard InChI is InChI=1S/C23H24ClNO3/c1-16(17-8-9-19-15-20(27-3)11-10-18(19)14-17)23(26)25(2)12-13-28-22-7-5-4-6-21(22)24/h4-11,14-16H,12-13H2,1-3H3/t16-/m0/s1. The number of halogens is 1. The van der Waals surface area contributed by atoms with Crippen LogP contribution in [0.1, 0.15) is 18.4 Å². The molecular weight excluding hydrogens is 374 g/mol. The van der Waals surface area contributed by atoms with Crippen molar-refractivity contribution in [1.82, 2.24) is 4.90 Å². The van der Waals surface area contributed by atoms with Gasteiger partial charge in [0, 0.05) is 7.05 Å². The largest absolute Gasteiger partial charge is 0.497 e. The van der Waals surface area contributed by atoms with E-state index in [0.717, 1.165) is 22.1 Å². The molecule has 0 aliphatic carbocycles. The van der Waals surface area contributed by atoms with E-state index in [1.807, 2.05) is 55.5 Å². The van der Waals surface area contributed by atoms with Crippen molar-refractivity contribution in [3.63, 3.8) is 0 Å². The van der Waals surface area contributed by atoms with Gasteiger partial charge in [-0.15, -0.1) is 0 Å². The summed E-state index contributed by atoms with van der Waals surface area (Å²) < 4.78 is 11.0. The Balaban J connectivity index is 1.62. The maximum absolute atomic E-state index is 12.8. The first-order valence-corrected chi connectivity index (χ1v) is 9.57. The molecule has 4 nitrogen and oxygen atoms in total. The number of rotatable bonds is 7. The maximum Gasteiger partial charge on any atom is 0.229 e. The van der Waals surface area contributed by atoms with Crippen molar-refractivity contribution in [2.75, 3.05) is 27.3 Å². The lowest BCUT2D eigenvalue weighted by molar-refractivity contribution is -0.131. The van der Waals surface area contributed by atoms with Gasteiger partial charge in [0.05, 0.1) is 24.6 Å². The van der Waals surface area contributed by atoms with Crippen molar-refractivity contribution < 1.29 is 14.3 Å². The Morgan fingerprint density at radius 2 is 1.79 bits per heavy atom. The van der Waals surface area contributed by atoms with Crippen LogP contribution < -0.4 is 9.47 Å². The molecule has 0 aliphatic rings. The quantitative estimate of drug-likeness (QED) is 0.554. The molecule has 3 aromatic carbocycles. The molecule has 0 fully saturated rings. The summed E-state index contributed by atoms with van der Waals surface area (Å²) in [5.74, 6) is 1.26. The van der Waals surface area contributed by atoms with E-state index in [1.165, 1.54) is 0 Å². The second-order valence-electron chi connectivity index (χ2n) is 6.73. The lowest BCUT2D eigenvalue weighted by Crippen LogP contribution is -2.34. The van der Waals surface area contributed by atoms with Crippen LogP contribution in [-0.4, -0.2) is 38.1 Å². The Morgan fingerprint density at radius 3 is 2.54 bits per heavy atom. The van der Waals surface area contributed by atoms with E-state index >= 15 is 0 Å². The van der Waals surface area contributed by atoms with E-state index < -0.39 is 0 Å². The number of ether oxygens (including phenoxy) is 2. The molecule has 0 N–H and O–H groups in total. The normalized spacial score (nSPS) is 11.9. The van der Waals surface area contributed by atoms with Gasteiger partial charge >= 0.3 is 0 Å². The van der Waals surface area contributed by atoms with E-state index in [1.54, 1.807) is 25.1 Å². The number of benzene rings is 3. The fourth-order valence-electron chi connectivity index (χ4n) is 3.08. The Bertz CT molecular complexity index is 973. The number of nitrogens with zero attached hydrogens (tertiary/aromatic N) is 1. The van der Waals surface area contributed by atoms with Gasteiger partial charge in [-0.2, -0.15) is 0 Å². The molecule has 0 heterocycles. The fraction of sp³-hybridized carbons (Fsp3) is 0.261. The Hall–Kier alpha value is -2.72. The van der Waals surface area contributed by atoms with Crippen molar-refractivity contribution in [2.45, 2.75) is 12.8 Å². The van der Waals surface area contributed by atoms with Gasteiger partial charge in [-0.25, -0.2) is 0 Å². The minimum Gasteiger partial charge on any atom is -0.497 e. The molecule has 28 heavy (non-hydrogen) atoms. The van der Waals surface area contributed by atoms with Gasteiger partial charge in [0.25, 0.3) is 0 Å². The predicted molar refractivity (Wildman–Crippen MR) is 113 cm³/mol. The molecule has 0 saturated carbocycles. The van der Waals surface area contributed by atoms with Crippen molar-refractivity contribution >= 4 is 28.3 Å². The third-order valence-corrected chi connectivity index (χ3v) is 5.15. The molecule has 0 unspecified atom stereocenters. The number of carbonyl (C=O) groups excluding carboxylic acids is 1. The number of carbonyl (C=O) groups is 1. The second kappa shape index (κ2) is 8.98. The molecule has 1 amide bonds. The van der Waals surface area contributed by atoms with E-state index in [4.69, 9.17) is 21.1 Å². The predicted octanol–water partition coefficient (Wildman–Crippen LogP) is 5.14. The van der Waals surface area contributed by atoms with Crippen LogP contribution in [-0.2, 0) is 4.79 Å². The summed E-state index contributed by atoms with van der Waals surface area (Å²) in [6.07, 6.45) is 0. The highest BCUT2D eigenvalue weighted by Gasteiger charge is 2.19. The number of fused-ring (bicyclic) bond motifs is 1. The van der Waals surface area contributed by atoms with E-state index in [2.05, 4.69) is 6.07 Å². The molecule has 0 spiro atoms. The average Bonchev–Trinajstić information content (AvgIpc) is 2.73. The number of amides is 1. The molecule has 5 heteroatoms. The summed E-state index contributed by atoms with van der Waals surface area (Å²) >= 11 is 6.09. The smallest absolute Gasteiger partial charge is 0.229 e. The van der Waals surface area contributed by atoms with Crippen LogP contribution in [0.5, 0.6) is 11.5 Å². The zero-order valence-corrected chi connectivity index (χ0v) is 17.1. The monoisotopic (exact) mass is 397 g/mol. The zero-order chi connectivity index (χ0) is 20.1. The van der Waals surface area contributed by atoms with Crippen LogP contribution in [0.2, 0.25) is 5.02 Å². The van der Waals surface area contributed by atoms with Gasteiger partial charge in [-0.1, -0.05) is 48.0 Å². The van der Waals surface area contributed by atoms with Crippen molar-refractivity contribution in [2.24, 2.45) is 0 Å². The van der Waals surface area contributed by atoms with Gasteiger partial charge < -0.3 is 14.4 Å². The van der Waals surface area contributed by atoms with Crippen LogP contribution >= 0.6 is 11.6 Å². The number of hydrogen-bond donors (Lipinski definition) is 0. The van der Waals surface area contributed by atoms with Gasteiger partial charge in [-0.05, 0) is 47.5 Å². The molecule has 3 rings (SSSR count). The summed E-state index contributed by atoms with van der Waals surface area (Å²) in [4.78, 5) is 14.5. The highest BCUT2D eigenvalue weighted by molar-refractivity contribution is 6.32. The molecular formula is C23H24ClNO3. The molecule has 0 bridgehead atoms. The Kier molecular flexibility index (Phi) is 6.42. The van der Waals surface area contributed by atoms with Gasteiger partial charge in [0.15, 0.2) is 0 Å². The first kappa shape index (κ1) is 20.0. The fourth-order valence-corrected chi connectivity index (χ4v) is 3.27. The summed E-state index contributed by atoms with van der Waals surface area (Å²) in [5.41, 5.74) is 0.988. The van der Waals surface area contributed by atoms with Crippen molar-refractivity contribution in [3.8, 4) is 11.5 Å². The maximum atomic E-state index is 12.8. The first-order valence-electron chi connectivity index (χ1n) is 9.19. The summed E-state index contributed by atoms with van der Waals surface area (Å²) in [5, 5.41) is 2.74. The van der Waals surface area contributed by atoms with Gasteiger partial charge in [0.2, 0.25) is 5.91 Å².